The monoisotopic (exact) mass is 427 g/mol. The highest BCUT2D eigenvalue weighted by atomic mass is 32.1. The van der Waals surface area contributed by atoms with Crippen LogP contribution in [0, 0.1) is 0 Å². The second-order valence-corrected chi connectivity index (χ2v) is 7.94. The predicted molar refractivity (Wildman–Crippen MR) is 116 cm³/mol. The number of pyridine rings is 1. The summed E-state index contributed by atoms with van der Waals surface area (Å²) in [6, 6.07) is 11.2. The molecule has 0 fully saturated rings. The average molecular weight is 428 g/mol. The number of nitrogens with zero attached hydrogens (tertiary/aromatic N) is 2. The van der Waals surface area contributed by atoms with Gasteiger partial charge in [-0.3, -0.25) is 4.98 Å². The van der Waals surface area contributed by atoms with Crippen LogP contribution in [-0.4, -0.2) is 36.4 Å². The maximum atomic E-state index is 12.2. The Kier molecular flexibility index (Phi) is 7.37. The van der Waals surface area contributed by atoms with Crippen molar-refractivity contribution in [2.45, 2.75) is 25.8 Å². The third kappa shape index (κ3) is 6.01. The Morgan fingerprint density at radius 1 is 1.13 bits per heavy atom. The van der Waals surface area contributed by atoms with Gasteiger partial charge in [0.05, 0.1) is 24.0 Å². The minimum atomic E-state index is -0.696. The van der Waals surface area contributed by atoms with E-state index in [0.29, 0.717) is 19.0 Å². The lowest BCUT2D eigenvalue weighted by atomic mass is 10.0. The SMILES string of the molecule is COCCCOc1ccc(-c2nc(C(C)(C)NC(=O)Oc3cccnc3)cs2)cc1. The predicted octanol–water partition coefficient (Wildman–Crippen LogP) is 4.64. The number of methoxy groups -OCH3 is 1. The van der Waals surface area contributed by atoms with E-state index in [0.717, 1.165) is 28.4 Å². The van der Waals surface area contributed by atoms with Crippen molar-refractivity contribution in [3.63, 3.8) is 0 Å². The summed E-state index contributed by atoms with van der Waals surface area (Å²) in [6.45, 7) is 5.06. The average Bonchev–Trinajstić information content (AvgIpc) is 3.23. The summed E-state index contributed by atoms with van der Waals surface area (Å²) in [5.41, 5.74) is 1.05. The molecule has 8 heteroatoms. The fraction of sp³-hybridized carbons (Fsp3) is 0.318. The molecule has 158 valence electrons. The Bertz CT molecular complexity index is 943. The molecular weight excluding hydrogens is 402 g/mol. The second-order valence-electron chi connectivity index (χ2n) is 7.09. The van der Waals surface area contributed by atoms with Crippen molar-refractivity contribution in [2.24, 2.45) is 0 Å². The second kappa shape index (κ2) is 10.2. The fourth-order valence-corrected chi connectivity index (χ4v) is 3.63. The number of carbonyl (C=O) groups excluding carboxylic acids is 1. The molecule has 0 saturated heterocycles. The first-order valence-electron chi connectivity index (χ1n) is 9.56. The highest BCUT2D eigenvalue weighted by Gasteiger charge is 2.27. The van der Waals surface area contributed by atoms with E-state index in [1.807, 2.05) is 43.5 Å². The van der Waals surface area contributed by atoms with Crippen molar-refractivity contribution in [3.8, 4) is 22.1 Å². The van der Waals surface area contributed by atoms with Gasteiger partial charge in [-0.15, -0.1) is 11.3 Å². The van der Waals surface area contributed by atoms with Gasteiger partial charge in [0.1, 0.15) is 10.8 Å². The van der Waals surface area contributed by atoms with Crippen LogP contribution < -0.4 is 14.8 Å². The maximum absolute atomic E-state index is 12.2. The first kappa shape index (κ1) is 21.7. The summed E-state index contributed by atoms with van der Waals surface area (Å²) in [5.74, 6) is 1.20. The number of rotatable bonds is 9. The molecule has 1 amide bonds. The molecule has 1 N–H and O–H groups in total. The van der Waals surface area contributed by atoms with Crippen LogP contribution in [0.2, 0.25) is 0 Å². The first-order valence-corrected chi connectivity index (χ1v) is 10.4. The van der Waals surface area contributed by atoms with Gasteiger partial charge in [0.25, 0.3) is 0 Å². The van der Waals surface area contributed by atoms with Gasteiger partial charge >= 0.3 is 6.09 Å². The standard InChI is InChI=1S/C22H25N3O4S/c1-22(2,25-21(26)29-18-6-4-11-23-14-18)19-15-30-20(24-19)16-7-9-17(10-8-16)28-13-5-12-27-3/h4,6-11,14-15H,5,12-13H2,1-3H3,(H,25,26). The molecule has 3 aromatic rings. The summed E-state index contributed by atoms with van der Waals surface area (Å²) in [6.07, 6.45) is 3.39. The molecule has 0 aliphatic carbocycles. The number of amides is 1. The minimum Gasteiger partial charge on any atom is -0.494 e. The van der Waals surface area contributed by atoms with Crippen LogP contribution in [0.3, 0.4) is 0 Å². The molecule has 2 heterocycles. The van der Waals surface area contributed by atoms with Gasteiger partial charge in [0.2, 0.25) is 0 Å². The molecular formula is C22H25N3O4S. The number of ether oxygens (including phenoxy) is 3. The highest BCUT2D eigenvalue weighted by Crippen LogP contribution is 2.30. The summed E-state index contributed by atoms with van der Waals surface area (Å²) >= 11 is 1.52. The number of aromatic nitrogens is 2. The van der Waals surface area contributed by atoms with E-state index in [-0.39, 0.29) is 0 Å². The summed E-state index contributed by atoms with van der Waals surface area (Å²) in [4.78, 5) is 20.9. The number of carbonyl (C=O) groups is 1. The van der Waals surface area contributed by atoms with Crippen molar-refractivity contribution in [1.29, 1.82) is 0 Å². The minimum absolute atomic E-state index is 0.384. The third-order valence-corrected chi connectivity index (χ3v) is 5.16. The van der Waals surface area contributed by atoms with Crippen LogP contribution in [0.4, 0.5) is 4.79 Å². The Labute approximate surface area is 180 Å². The molecule has 30 heavy (non-hydrogen) atoms. The molecule has 0 saturated carbocycles. The van der Waals surface area contributed by atoms with E-state index in [9.17, 15) is 4.79 Å². The Hall–Kier alpha value is -2.97. The molecule has 0 bridgehead atoms. The van der Waals surface area contributed by atoms with Gasteiger partial charge < -0.3 is 19.5 Å². The van der Waals surface area contributed by atoms with E-state index in [1.165, 1.54) is 17.5 Å². The molecule has 1 aromatic carbocycles. The van der Waals surface area contributed by atoms with E-state index in [2.05, 4.69) is 10.3 Å². The summed E-state index contributed by atoms with van der Waals surface area (Å²) in [5, 5.41) is 5.66. The molecule has 0 unspecified atom stereocenters. The number of nitrogens with one attached hydrogen (secondary N) is 1. The molecule has 0 atom stereocenters. The third-order valence-electron chi connectivity index (χ3n) is 4.27. The zero-order valence-corrected chi connectivity index (χ0v) is 18.1. The number of benzene rings is 1. The Morgan fingerprint density at radius 2 is 1.93 bits per heavy atom. The van der Waals surface area contributed by atoms with Crippen molar-refractivity contribution in [2.75, 3.05) is 20.3 Å². The van der Waals surface area contributed by atoms with Gasteiger partial charge in [0.15, 0.2) is 5.75 Å². The van der Waals surface area contributed by atoms with Crippen molar-refractivity contribution >= 4 is 17.4 Å². The van der Waals surface area contributed by atoms with Crippen LogP contribution in [0.5, 0.6) is 11.5 Å². The molecule has 0 aliphatic rings. The zero-order chi connectivity index (χ0) is 21.4. The number of hydrogen-bond donors (Lipinski definition) is 1. The lowest BCUT2D eigenvalue weighted by Crippen LogP contribution is -2.42. The van der Waals surface area contributed by atoms with E-state index >= 15 is 0 Å². The van der Waals surface area contributed by atoms with E-state index in [4.69, 9.17) is 19.2 Å². The van der Waals surface area contributed by atoms with E-state index in [1.54, 1.807) is 25.4 Å². The lowest BCUT2D eigenvalue weighted by Gasteiger charge is -2.23. The maximum Gasteiger partial charge on any atom is 0.413 e. The van der Waals surface area contributed by atoms with Crippen LogP contribution in [0.15, 0.2) is 54.2 Å². The Morgan fingerprint density at radius 3 is 2.63 bits per heavy atom. The van der Waals surface area contributed by atoms with Crippen LogP contribution >= 0.6 is 11.3 Å². The molecule has 0 spiro atoms. The molecule has 3 rings (SSSR count). The summed E-state index contributed by atoms with van der Waals surface area (Å²) < 4.78 is 16.0. The van der Waals surface area contributed by atoms with Crippen LogP contribution in [0.1, 0.15) is 26.0 Å². The zero-order valence-electron chi connectivity index (χ0n) is 17.3. The fourth-order valence-electron chi connectivity index (χ4n) is 2.64. The van der Waals surface area contributed by atoms with E-state index < -0.39 is 11.6 Å². The van der Waals surface area contributed by atoms with Crippen molar-refractivity contribution < 1.29 is 19.0 Å². The topological polar surface area (TPSA) is 82.6 Å². The smallest absolute Gasteiger partial charge is 0.413 e. The van der Waals surface area contributed by atoms with Gasteiger partial charge in [-0.05, 0) is 50.2 Å². The van der Waals surface area contributed by atoms with Crippen molar-refractivity contribution in [3.05, 3.63) is 59.9 Å². The number of hydrogen-bond acceptors (Lipinski definition) is 7. The first-order chi connectivity index (χ1) is 14.5. The van der Waals surface area contributed by atoms with Crippen LogP contribution in [-0.2, 0) is 10.3 Å². The Balaban J connectivity index is 1.60. The summed E-state index contributed by atoms with van der Waals surface area (Å²) in [7, 11) is 1.68. The van der Waals surface area contributed by atoms with Crippen molar-refractivity contribution in [1.82, 2.24) is 15.3 Å². The quantitative estimate of drug-likeness (QED) is 0.501. The molecule has 7 nitrogen and oxygen atoms in total. The highest BCUT2D eigenvalue weighted by molar-refractivity contribution is 7.13. The van der Waals surface area contributed by atoms with Gasteiger partial charge in [-0.1, -0.05) is 0 Å². The largest absolute Gasteiger partial charge is 0.494 e. The van der Waals surface area contributed by atoms with Crippen LogP contribution in [0.25, 0.3) is 10.6 Å². The normalized spacial score (nSPS) is 11.2. The van der Waals surface area contributed by atoms with Gasteiger partial charge in [-0.2, -0.15) is 0 Å². The number of thiazole rings is 1. The van der Waals surface area contributed by atoms with Gasteiger partial charge in [0, 0.05) is 37.3 Å². The molecule has 0 radical (unpaired) electrons. The molecule has 0 aliphatic heterocycles. The molecule has 2 aromatic heterocycles. The lowest BCUT2D eigenvalue weighted by molar-refractivity contribution is 0.172. The van der Waals surface area contributed by atoms with Gasteiger partial charge in [-0.25, -0.2) is 9.78 Å².